The van der Waals surface area contributed by atoms with Gasteiger partial charge in [-0.05, 0) is 44.4 Å². The number of nitrogens with zero attached hydrogens (tertiary/aromatic N) is 4. The van der Waals surface area contributed by atoms with Crippen molar-refractivity contribution >= 4 is 47.1 Å². The molecule has 1 fully saturated rings. The van der Waals surface area contributed by atoms with Gasteiger partial charge in [0, 0.05) is 44.2 Å². The maximum absolute atomic E-state index is 4.72. The van der Waals surface area contributed by atoms with E-state index in [0.717, 1.165) is 55.1 Å². The number of halogens is 1. The van der Waals surface area contributed by atoms with Gasteiger partial charge in [0.05, 0.1) is 17.2 Å². The number of aryl methyl sites for hydroxylation is 1. The van der Waals surface area contributed by atoms with Crippen LogP contribution in [-0.2, 0) is 13.0 Å². The summed E-state index contributed by atoms with van der Waals surface area (Å²) < 4.78 is 0. The molecule has 6 nitrogen and oxygen atoms in total. The molecule has 0 aliphatic carbocycles. The van der Waals surface area contributed by atoms with Crippen LogP contribution in [0.5, 0.6) is 0 Å². The minimum Gasteiger partial charge on any atom is -0.357 e. The van der Waals surface area contributed by atoms with Crippen molar-refractivity contribution in [2.24, 2.45) is 4.99 Å². The predicted octanol–water partition coefficient (Wildman–Crippen LogP) is 3.36. The summed E-state index contributed by atoms with van der Waals surface area (Å²) in [6, 6.07) is 4.21. The van der Waals surface area contributed by atoms with Gasteiger partial charge in [0.2, 0.25) is 0 Å². The van der Waals surface area contributed by atoms with Gasteiger partial charge in [0.1, 0.15) is 5.82 Å². The molecule has 1 aliphatic rings. The first kappa shape index (κ1) is 21.9. The number of hydrogen-bond acceptors (Lipinski definition) is 5. The third kappa shape index (κ3) is 6.91. The Kier molecular flexibility index (Phi) is 9.26. The summed E-state index contributed by atoms with van der Waals surface area (Å²) >= 11 is 1.70. The second kappa shape index (κ2) is 11.4. The highest BCUT2D eigenvalue weighted by atomic mass is 127. The predicted molar refractivity (Wildman–Crippen MR) is 124 cm³/mol. The van der Waals surface area contributed by atoms with Crippen LogP contribution in [0.1, 0.15) is 36.0 Å². The Bertz CT molecular complexity index is 726. The molecule has 1 aliphatic heterocycles. The molecule has 2 N–H and O–H groups in total. The van der Waals surface area contributed by atoms with Crippen molar-refractivity contribution in [2.75, 3.05) is 31.1 Å². The van der Waals surface area contributed by atoms with Crippen molar-refractivity contribution in [3.63, 3.8) is 0 Å². The third-order valence-electron chi connectivity index (χ3n) is 4.34. The largest absolute Gasteiger partial charge is 0.357 e. The smallest absolute Gasteiger partial charge is 0.191 e. The Morgan fingerprint density at radius 1 is 1.30 bits per heavy atom. The van der Waals surface area contributed by atoms with Crippen LogP contribution in [0.15, 0.2) is 28.7 Å². The number of anilines is 1. The van der Waals surface area contributed by atoms with Crippen molar-refractivity contribution in [2.45, 2.75) is 39.7 Å². The Balaban J connectivity index is 0.00000261. The summed E-state index contributed by atoms with van der Waals surface area (Å²) in [5.41, 5.74) is 2.33. The van der Waals surface area contributed by atoms with Crippen molar-refractivity contribution in [3.05, 3.63) is 40.0 Å². The lowest BCUT2D eigenvalue weighted by atomic mass is 10.2. The van der Waals surface area contributed by atoms with E-state index in [1.807, 2.05) is 19.2 Å². The average molecular weight is 500 g/mol. The molecule has 0 radical (unpaired) electrons. The lowest BCUT2D eigenvalue weighted by Crippen LogP contribution is -2.38. The highest BCUT2D eigenvalue weighted by Crippen LogP contribution is 2.18. The third-order valence-corrected chi connectivity index (χ3v) is 5.17. The van der Waals surface area contributed by atoms with Crippen LogP contribution in [-0.4, -0.2) is 42.1 Å². The summed E-state index contributed by atoms with van der Waals surface area (Å²) in [5, 5.41) is 9.95. The molecule has 0 aromatic carbocycles. The number of aromatic nitrogens is 2. The minimum absolute atomic E-state index is 0. The number of nitrogens with one attached hydrogen (secondary N) is 2. The van der Waals surface area contributed by atoms with E-state index in [-0.39, 0.29) is 24.0 Å². The summed E-state index contributed by atoms with van der Waals surface area (Å²) in [6.07, 6.45) is 5.32. The first-order valence-electron chi connectivity index (χ1n) is 9.37. The fourth-order valence-electron chi connectivity index (χ4n) is 3.02. The zero-order chi connectivity index (χ0) is 18.2. The van der Waals surface area contributed by atoms with Crippen LogP contribution < -0.4 is 15.5 Å². The van der Waals surface area contributed by atoms with Gasteiger partial charge in [-0.1, -0.05) is 0 Å². The normalized spacial score (nSPS) is 14.1. The van der Waals surface area contributed by atoms with Crippen LogP contribution in [0.25, 0.3) is 0 Å². The van der Waals surface area contributed by atoms with Crippen molar-refractivity contribution in [3.8, 4) is 0 Å². The van der Waals surface area contributed by atoms with E-state index < -0.39 is 0 Å². The van der Waals surface area contributed by atoms with Crippen molar-refractivity contribution in [1.82, 2.24) is 20.6 Å². The van der Waals surface area contributed by atoms with Crippen molar-refractivity contribution < 1.29 is 0 Å². The van der Waals surface area contributed by atoms with Crippen LogP contribution in [0.4, 0.5) is 5.82 Å². The lowest BCUT2D eigenvalue weighted by Gasteiger charge is -2.16. The van der Waals surface area contributed by atoms with Crippen LogP contribution >= 0.6 is 35.3 Å². The minimum atomic E-state index is 0. The molecule has 3 heterocycles. The molecule has 0 saturated carbocycles. The Morgan fingerprint density at radius 2 is 2.11 bits per heavy atom. The van der Waals surface area contributed by atoms with Gasteiger partial charge < -0.3 is 15.5 Å². The number of pyridine rings is 1. The molecule has 0 amide bonds. The summed E-state index contributed by atoms with van der Waals surface area (Å²) in [4.78, 5) is 16.1. The van der Waals surface area contributed by atoms with E-state index in [1.165, 1.54) is 18.4 Å². The van der Waals surface area contributed by atoms with Gasteiger partial charge >= 0.3 is 0 Å². The molecule has 148 valence electrons. The van der Waals surface area contributed by atoms with Gasteiger partial charge in [0.15, 0.2) is 5.96 Å². The maximum Gasteiger partial charge on any atom is 0.191 e. The lowest BCUT2D eigenvalue weighted by molar-refractivity contribution is 0.790. The van der Waals surface area contributed by atoms with Gasteiger partial charge in [-0.2, -0.15) is 0 Å². The number of rotatable bonds is 7. The zero-order valence-corrected chi connectivity index (χ0v) is 19.2. The van der Waals surface area contributed by atoms with E-state index in [4.69, 9.17) is 4.99 Å². The molecule has 1 saturated heterocycles. The fourth-order valence-corrected chi connectivity index (χ4v) is 3.67. The monoisotopic (exact) mass is 500 g/mol. The van der Waals surface area contributed by atoms with E-state index in [2.05, 4.69) is 43.9 Å². The quantitative estimate of drug-likeness (QED) is 0.347. The number of hydrogen-bond donors (Lipinski definition) is 2. The molecular formula is C19H29IN6S. The molecule has 8 heteroatoms. The molecule has 3 rings (SSSR count). The Labute approximate surface area is 182 Å². The molecule has 2 aromatic rings. The average Bonchev–Trinajstić information content (AvgIpc) is 3.32. The first-order valence-corrected chi connectivity index (χ1v) is 10.3. The summed E-state index contributed by atoms with van der Waals surface area (Å²) in [7, 11) is 0. The molecule has 0 atom stereocenters. The highest BCUT2D eigenvalue weighted by molar-refractivity contribution is 14.0. The maximum atomic E-state index is 4.72. The van der Waals surface area contributed by atoms with E-state index in [1.54, 1.807) is 11.3 Å². The number of guanidine groups is 1. The van der Waals surface area contributed by atoms with Crippen LogP contribution in [0.2, 0.25) is 0 Å². The second-order valence-electron chi connectivity index (χ2n) is 6.45. The van der Waals surface area contributed by atoms with Crippen molar-refractivity contribution in [1.29, 1.82) is 0 Å². The molecule has 0 unspecified atom stereocenters. The van der Waals surface area contributed by atoms with Gasteiger partial charge in [-0.25, -0.2) is 15.0 Å². The molecule has 0 bridgehead atoms. The fraction of sp³-hybridized carbons (Fsp3) is 0.526. The molecule has 0 spiro atoms. The molecule has 2 aromatic heterocycles. The van der Waals surface area contributed by atoms with Gasteiger partial charge in [0.25, 0.3) is 0 Å². The van der Waals surface area contributed by atoms with E-state index in [0.29, 0.717) is 6.54 Å². The van der Waals surface area contributed by atoms with Crippen LogP contribution in [0, 0.1) is 6.92 Å². The van der Waals surface area contributed by atoms with Gasteiger partial charge in [-0.3, -0.25) is 0 Å². The topological polar surface area (TPSA) is 65.4 Å². The zero-order valence-electron chi connectivity index (χ0n) is 16.1. The molecular weight excluding hydrogens is 471 g/mol. The second-order valence-corrected chi connectivity index (χ2v) is 7.51. The summed E-state index contributed by atoms with van der Waals surface area (Å²) in [6.45, 7) is 8.66. The standard InChI is InChI=1S/C19H28N6S.HI/c1-3-20-19(22-9-7-17-14-26-15(2)24-17)23-13-16-6-8-21-18(12-16)25-10-4-5-11-25;/h6,8,12,14H,3-5,7,9-11,13H2,1-2H3,(H2,20,22,23);1H. The van der Waals surface area contributed by atoms with E-state index >= 15 is 0 Å². The SMILES string of the molecule is CCNC(=NCc1ccnc(N2CCCC2)c1)NCCc1csc(C)n1.I. The highest BCUT2D eigenvalue weighted by Gasteiger charge is 2.13. The number of aliphatic imine (C=N–C) groups is 1. The number of thiazole rings is 1. The van der Waals surface area contributed by atoms with Gasteiger partial charge in [-0.15, -0.1) is 35.3 Å². The Morgan fingerprint density at radius 3 is 2.81 bits per heavy atom. The first-order chi connectivity index (χ1) is 12.7. The molecule has 27 heavy (non-hydrogen) atoms. The summed E-state index contributed by atoms with van der Waals surface area (Å²) in [5.74, 6) is 1.92. The Hall–Kier alpha value is -1.42. The van der Waals surface area contributed by atoms with Crippen LogP contribution in [0.3, 0.4) is 0 Å². The van der Waals surface area contributed by atoms with E-state index in [9.17, 15) is 0 Å².